The minimum Gasteiger partial charge on any atom is -0.383 e. The molecule has 2 aliphatic heterocycles. The highest BCUT2D eigenvalue weighted by Crippen LogP contribution is 2.43. The summed E-state index contributed by atoms with van der Waals surface area (Å²) in [5.74, 6) is 1.11. The third-order valence-electron chi connectivity index (χ3n) is 6.37. The molecule has 0 unspecified atom stereocenters. The van der Waals surface area contributed by atoms with E-state index >= 15 is 0 Å². The van der Waals surface area contributed by atoms with Crippen LogP contribution >= 0.6 is 0 Å². The van der Waals surface area contributed by atoms with E-state index in [0.717, 1.165) is 57.9 Å². The van der Waals surface area contributed by atoms with Gasteiger partial charge in [-0.2, -0.15) is 0 Å². The maximum Gasteiger partial charge on any atom is 0.122 e. The summed E-state index contributed by atoms with van der Waals surface area (Å²) in [6.45, 7) is 5.30. The standard InChI is InChI=1S/C22H28N4O2/c1-27-15-13-26-12-9-23-20(26)16-25-10-7-22(8-11-25)21-18(6-14-28-22)17-4-2-3-5-19(17)24-21/h2-5,9,12,24H,6-8,10-11,13-16H2,1H3. The largest absolute Gasteiger partial charge is 0.383 e. The van der Waals surface area contributed by atoms with Crippen molar-refractivity contribution in [2.75, 3.05) is 33.4 Å². The summed E-state index contributed by atoms with van der Waals surface area (Å²) < 4.78 is 13.8. The van der Waals surface area contributed by atoms with Crippen molar-refractivity contribution < 1.29 is 9.47 Å². The number of para-hydroxylation sites is 1. The first kappa shape index (κ1) is 17.9. The molecule has 1 N–H and O–H groups in total. The summed E-state index contributed by atoms with van der Waals surface area (Å²) in [6, 6.07) is 8.65. The topological polar surface area (TPSA) is 55.3 Å². The first-order valence-corrected chi connectivity index (χ1v) is 10.2. The number of piperidine rings is 1. The van der Waals surface area contributed by atoms with E-state index in [1.165, 1.54) is 22.2 Å². The lowest BCUT2D eigenvalue weighted by molar-refractivity contribution is -0.101. The molecule has 0 saturated carbocycles. The lowest BCUT2D eigenvalue weighted by atomic mass is 9.83. The van der Waals surface area contributed by atoms with Gasteiger partial charge in [0.15, 0.2) is 0 Å². The molecular weight excluding hydrogens is 352 g/mol. The number of ether oxygens (including phenoxy) is 2. The second-order valence-electron chi connectivity index (χ2n) is 7.92. The Bertz CT molecular complexity index is 953. The molecule has 1 fully saturated rings. The zero-order chi connectivity index (χ0) is 19.0. The Morgan fingerprint density at radius 2 is 2.11 bits per heavy atom. The average Bonchev–Trinajstić information content (AvgIpc) is 3.33. The Morgan fingerprint density at radius 1 is 1.25 bits per heavy atom. The zero-order valence-corrected chi connectivity index (χ0v) is 16.5. The van der Waals surface area contributed by atoms with Gasteiger partial charge >= 0.3 is 0 Å². The third-order valence-corrected chi connectivity index (χ3v) is 6.37. The lowest BCUT2D eigenvalue weighted by Crippen LogP contribution is -2.46. The molecule has 2 aliphatic rings. The molecule has 28 heavy (non-hydrogen) atoms. The SMILES string of the molecule is COCCn1ccnc1CN1CCC2(CC1)OCCc1c2[nH]c2ccccc12. The van der Waals surface area contributed by atoms with Gasteiger partial charge in [0, 0.05) is 50.0 Å². The quantitative estimate of drug-likeness (QED) is 0.739. The Morgan fingerprint density at radius 3 is 2.96 bits per heavy atom. The molecule has 0 bridgehead atoms. The monoisotopic (exact) mass is 380 g/mol. The van der Waals surface area contributed by atoms with E-state index in [1.54, 1.807) is 7.11 Å². The van der Waals surface area contributed by atoms with Gasteiger partial charge in [-0.1, -0.05) is 18.2 Å². The maximum atomic E-state index is 6.43. The fraction of sp³-hybridized carbons (Fsp3) is 0.500. The highest BCUT2D eigenvalue weighted by molar-refractivity contribution is 5.85. The van der Waals surface area contributed by atoms with Crippen LogP contribution in [0, 0.1) is 0 Å². The Kier molecular flexibility index (Phi) is 4.70. The van der Waals surface area contributed by atoms with Gasteiger partial charge in [-0.3, -0.25) is 4.90 Å². The summed E-state index contributed by atoms with van der Waals surface area (Å²) in [5.41, 5.74) is 3.86. The van der Waals surface area contributed by atoms with Crippen LogP contribution in [0.25, 0.3) is 10.9 Å². The molecule has 6 heteroatoms. The Labute approximate surface area is 165 Å². The average molecular weight is 380 g/mol. The van der Waals surface area contributed by atoms with Crippen LogP contribution in [0.3, 0.4) is 0 Å². The van der Waals surface area contributed by atoms with Crippen molar-refractivity contribution in [2.45, 2.75) is 38.0 Å². The number of aromatic nitrogens is 3. The van der Waals surface area contributed by atoms with E-state index in [4.69, 9.17) is 9.47 Å². The molecule has 148 valence electrons. The van der Waals surface area contributed by atoms with Gasteiger partial charge in [-0.05, 0) is 30.9 Å². The van der Waals surface area contributed by atoms with Crippen molar-refractivity contribution in [3.8, 4) is 0 Å². The molecule has 0 radical (unpaired) electrons. The lowest BCUT2D eigenvalue weighted by Gasteiger charge is -2.43. The van der Waals surface area contributed by atoms with Crippen molar-refractivity contribution in [1.29, 1.82) is 0 Å². The van der Waals surface area contributed by atoms with Gasteiger partial charge < -0.3 is 19.0 Å². The predicted octanol–water partition coefficient (Wildman–Crippen LogP) is 3.07. The Hall–Kier alpha value is -2.15. The summed E-state index contributed by atoms with van der Waals surface area (Å²) in [6.07, 6.45) is 6.97. The number of hydrogen-bond acceptors (Lipinski definition) is 4. The number of aromatic amines is 1. The van der Waals surface area contributed by atoms with Gasteiger partial charge in [-0.25, -0.2) is 4.98 Å². The van der Waals surface area contributed by atoms with Crippen LogP contribution in [0.5, 0.6) is 0 Å². The fourth-order valence-corrected chi connectivity index (χ4v) is 4.82. The maximum absolute atomic E-state index is 6.43. The van der Waals surface area contributed by atoms with E-state index in [2.05, 4.69) is 43.7 Å². The molecule has 0 atom stereocenters. The number of imidazole rings is 1. The molecule has 2 aromatic heterocycles. The summed E-state index contributed by atoms with van der Waals surface area (Å²) in [4.78, 5) is 10.8. The van der Waals surface area contributed by atoms with E-state index < -0.39 is 0 Å². The number of rotatable bonds is 5. The molecule has 1 aromatic carbocycles. The molecule has 5 rings (SSSR count). The zero-order valence-electron chi connectivity index (χ0n) is 16.5. The van der Waals surface area contributed by atoms with E-state index in [0.29, 0.717) is 6.61 Å². The number of H-pyrrole nitrogens is 1. The molecule has 1 saturated heterocycles. The molecule has 0 amide bonds. The summed E-state index contributed by atoms with van der Waals surface area (Å²) in [7, 11) is 1.74. The van der Waals surface area contributed by atoms with Crippen molar-refractivity contribution in [2.24, 2.45) is 0 Å². The highest BCUT2D eigenvalue weighted by Gasteiger charge is 2.42. The number of nitrogens with zero attached hydrogens (tertiary/aromatic N) is 3. The van der Waals surface area contributed by atoms with Crippen LogP contribution in [-0.2, 0) is 34.6 Å². The fourth-order valence-electron chi connectivity index (χ4n) is 4.82. The smallest absolute Gasteiger partial charge is 0.122 e. The van der Waals surface area contributed by atoms with E-state index in [-0.39, 0.29) is 5.60 Å². The number of benzene rings is 1. The second kappa shape index (κ2) is 7.35. The molecule has 0 aliphatic carbocycles. The second-order valence-corrected chi connectivity index (χ2v) is 7.92. The van der Waals surface area contributed by atoms with Gasteiger partial charge in [0.1, 0.15) is 11.4 Å². The summed E-state index contributed by atoms with van der Waals surface area (Å²) in [5, 5.41) is 1.36. The van der Waals surface area contributed by atoms with Crippen LogP contribution in [0.4, 0.5) is 0 Å². The summed E-state index contributed by atoms with van der Waals surface area (Å²) >= 11 is 0. The number of methoxy groups -OCH3 is 1. The van der Waals surface area contributed by atoms with Crippen molar-refractivity contribution in [1.82, 2.24) is 19.4 Å². The first-order valence-electron chi connectivity index (χ1n) is 10.2. The minimum absolute atomic E-state index is 0.158. The van der Waals surface area contributed by atoms with Crippen molar-refractivity contribution in [3.63, 3.8) is 0 Å². The molecule has 4 heterocycles. The number of nitrogens with one attached hydrogen (secondary N) is 1. The Balaban J connectivity index is 1.32. The molecule has 6 nitrogen and oxygen atoms in total. The van der Waals surface area contributed by atoms with E-state index in [9.17, 15) is 0 Å². The van der Waals surface area contributed by atoms with Crippen LogP contribution in [-0.4, -0.2) is 52.8 Å². The van der Waals surface area contributed by atoms with Crippen LogP contribution in [0.2, 0.25) is 0 Å². The molecule has 3 aromatic rings. The number of fused-ring (bicyclic) bond motifs is 4. The number of hydrogen-bond donors (Lipinski definition) is 1. The normalized spacial score (nSPS) is 19.3. The van der Waals surface area contributed by atoms with Gasteiger partial charge in [0.25, 0.3) is 0 Å². The minimum atomic E-state index is -0.158. The van der Waals surface area contributed by atoms with Crippen LogP contribution in [0.15, 0.2) is 36.7 Å². The highest BCUT2D eigenvalue weighted by atomic mass is 16.5. The predicted molar refractivity (Wildman–Crippen MR) is 108 cm³/mol. The molecule has 1 spiro atoms. The third kappa shape index (κ3) is 3.05. The van der Waals surface area contributed by atoms with Crippen LogP contribution in [0.1, 0.15) is 29.9 Å². The van der Waals surface area contributed by atoms with E-state index in [1.807, 2.05) is 12.4 Å². The van der Waals surface area contributed by atoms with Gasteiger partial charge in [0.2, 0.25) is 0 Å². The van der Waals surface area contributed by atoms with Gasteiger partial charge in [0.05, 0.1) is 25.5 Å². The van der Waals surface area contributed by atoms with Crippen molar-refractivity contribution >= 4 is 10.9 Å². The number of likely N-dealkylation sites (tertiary alicyclic amines) is 1. The molecular formula is C22H28N4O2. The van der Waals surface area contributed by atoms with Crippen LogP contribution < -0.4 is 0 Å². The van der Waals surface area contributed by atoms with Crippen molar-refractivity contribution in [3.05, 3.63) is 53.7 Å². The van der Waals surface area contributed by atoms with Gasteiger partial charge in [-0.15, -0.1) is 0 Å². The first-order chi connectivity index (χ1) is 13.8.